The Morgan fingerprint density at radius 2 is 1.87 bits per heavy atom. The lowest BCUT2D eigenvalue weighted by atomic mass is 10.2. The highest BCUT2D eigenvalue weighted by atomic mass is 32.1. The normalized spacial score (nSPS) is 17.4. The molecule has 0 atom stereocenters. The van der Waals surface area contributed by atoms with E-state index in [0.717, 1.165) is 17.1 Å². The van der Waals surface area contributed by atoms with Gasteiger partial charge in [0.25, 0.3) is 0 Å². The Labute approximate surface area is 186 Å². The highest BCUT2D eigenvalue weighted by Gasteiger charge is 2.32. The van der Waals surface area contributed by atoms with Crippen molar-refractivity contribution in [2.45, 2.75) is 0 Å². The third-order valence-electron chi connectivity index (χ3n) is 4.92. The van der Waals surface area contributed by atoms with Gasteiger partial charge in [0.1, 0.15) is 22.4 Å². The summed E-state index contributed by atoms with van der Waals surface area (Å²) in [5, 5.41) is 17.6. The second-order valence-electron chi connectivity index (χ2n) is 6.81. The molecule has 0 amide bonds. The van der Waals surface area contributed by atoms with E-state index in [0.29, 0.717) is 48.6 Å². The fraction of sp³-hybridized carbons (Fsp3) is 0.227. The van der Waals surface area contributed by atoms with E-state index in [9.17, 15) is 5.26 Å². The van der Waals surface area contributed by atoms with E-state index >= 15 is 0 Å². The minimum atomic E-state index is 0.293. The van der Waals surface area contributed by atoms with Crippen LogP contribution in [0, 0.1) is 11.3 Å². The molecule has 0 spiro atoms. The molecule has 8 nitrogen and oxygen atoms in total. The number of morpholine rings is 1. The molecular formula is C22H22N6O2S. The van der Waals surface area contributed by atoms with Crippen LogP contribution in [0.4, 0.5) is 11.4 Å². The van der Waals surface area contributed by atoms with Gasteiger partial charge in [-0.15, -0.1) is 5.10 Å². The highest BCUT2D eigenvalue weighted by Crippen LogP contribution is 2.26. The molecule has 31 heavy (non-hydrogen) atoms. The SMILES string of the molecule is COc1ccc(NC(=S)/C(C#N)=C2\NN=C(N3CCOCC3)N2c2ccccc2)cc1. The molecule has 0 radical (unpaired) electrons. The first-order chi connectivity index (χ1) is 15.2. The zero-order chi connectivity index (χ0) is 21.6. The van der Waals surface area contributed by atoms with Crippen LogP contribution < -0.4 is 20.4 Å². The second kappa shape index (κ2) is 9.47. The average Bonchev–Trinajstić information content (AvgIpc) is 3.26. The summed E-state index contributed by atoms with van der Waals surface area (Å²) in [4.78, 5) is 4.35. The van der Waals surface area contributed by atoms with Gasteiger partial charge in [0.15, 0.2) is 5.82 Å². The first-order valence-corrected chi connectivity index (χ1v) is 10.2. The fourth-order valence-corrected chi connectivity index (χ4v) is 3.61. The zero-order valence-corrected chi connectivity index (χ0v) is 17.9. The largest absolute Gasteiger partial charge is 0.497 e. The Hall–Kier alpha value is -3.61. The predicted octanol–water partition coefficient (Wildman–Crippen LogP) is 2.88. The van der Waals surface area contributed by atoms with Crippen molar-refractivity contribution in [1.82, 2.24) is 10.3 Å². The number of nitriles is 1. The molecule has 158 valence electrons. The lowest BCUT2D eigenvalue weighted by molar-refractivity contribution is 0.0676. The minimum absolute atomic E-state index is 0.293. The minimum Gasteiger partial charge on any atom is -0.497 e. The maximum absolute atomic E-state index is 9.97. The van der Waals surface area contributed by atoms with E-state index < -0.39 is 0 Å². The first-order valence-electron chi connectivity index (χ1n) is 9.82. The Kier molecular flexibility index (Phi) is 6.31. The van der Waals surface area contributed by atoms with Crippen LogP contribution in [0.1, 0.15) is 0 Å². The molecule has 9 heteroatoms. The number of rotatable bonds is 4. The number of hydrogen-bond donors (Lipinski definition) is 2. The van der Waals surface area contributed by atoms with Crippen LogP contribution in [0.25, 0.3) is 0 Å². The van der Waals surface area contributed by atoms with Crippen LogP contribution in [0.5, 0.6) is 5.75 Å². The number of ether oxygens (including phenoxy) is 2. The molecule has 4 rings (SSSR count). The van der Waals surface area contributed by atoms with Crippen LogP contribution in [0.3, 0.4) is 0 Å². The molecule has 2 N–H and O–H groups in total. The smallest absolute Gasteiger partial charge is 0.229 e. The summed E-state index contributed by atoms with van der Waals surface area (Å²) in [5.74, 6) is 1.97. The molecule has 0 aliphatic carbocycles. The molecule has 2 heterocycles. The summed E-state index contributed by atoms with van der Waals surface area (Å²) >= 11 is 5.58. The van der Waals surface area contributed by atoms with Gasteiger partial charge in [-0.3, -0.25) is 10.3 Å². The Morgan fingerprint density at radius 3 is 2.52 bits per heavy atom. The van der Waals surface area contributed by atoms with E-state index in [1.54, 1.807) is 7.11 Å². The summed E-state index contributed by atoms with van der Waals surface area (Å²) in [6, 6.07) is 19.4. The van der Waals surface area contributed by atoms with Crippen molar-refractivity contribution < 1.29 is 9.47 Å². The average molecular weight is 435 g/mol. The van der Waals surface area contributed by atoms with Crippen molar-refractivity contribution in [1.29, 1.82) is 5.26 Å². The van der Waals surface area contributed by atoms with E-state index in [1.165, 1.54) is 0 Å². The first kappa shape index (κ1) is 20.7. The van der Waals surface area contributed by atoms with Crippen LogP contribution in [0.15, 0.2) is 71.1 Å². The van der Waals surface area contributed by atoms with Gasteiger partial charge in [-0.05, 0) is 36.4 Å². The zero-order valence-electron chi connectivity index (χ0n) is 17.0. The summed E-state index contributed by atoms with van der Waals surface area (Å²) < 4.78 is 10.7. The fourth-order valence-electron chi connectivity index (χ4n) is 3.35. The van der Waals surface area contributed by atoms with Gasteiger partial charge in [-0.1, -0.05) is 30.4 Å². The number of anilines is 2. The number of guanidine groups is 1. The Morgan fingerprint density at radius 1 is 1.16 bits per heavy atom. The van der Waals surface area contributed by atoms with Crippen molar-refractivity contribution in [2.75, 3.05) is 43.6 Å². The van der Waals surface area contributed by atoms with Crippen molar-refractivity contribution in [3.05, 3.63) is 66.0 Å². The quantitative estimate of drug-likeness (QED) is 0.432. The highest BCUT2D eigenvalue weighted by molar-refractivity contribution is 7.81. The second-order valence-corrected chi connectivity index (χ2v) is 7.22. The lowest BCUT2D eigenvalue weighted by Crippen LogP contribution is -2.47. The van der Waals surface area contributed by atoms with E-state index in [1.807, 2.05) is 59.5 Å². The molecule has 2 aliphatic rings. The number of nitrogens with one attached hydrogen (secondary N) is 2. The summed E-state index contributed by atoms with van der Waals surface area (Å²) in [5.41, 5.74) is 4.97. The van der Waals surface area contributed by atoms with Crippen molar-refractivity contribution in [3.8, 4) is 11.8 Å². The predicted molar refractivity (Wildman–Crippen MR) is 124 cm³/mol. The Bertz CT molecular complexity index is 1040. The lowest BCUT2D eigenvalue weighted by Gasteiger charge is -2.33. The van der Waals surface area contributed by atoms with Crippen molar-refractivity contribution in [2.24, 2.45) is 5.10 Å². The maximum Gasteiger partial charge on any atom is 0.229 e. The summed E-state index contributed by atoms with van der Waals surface area (Å²) in [6.07, 6.45) is 0. The summed E-state index contributed by atoms with van der Waals surface area (Å²) in [6.45, 7) is 2.69. The molecule has 1 saturated heterocycles. The van der Waals surface area contributed by atoms with Crippen LogP contribution >= 0.6 is 12.2 Å². The van der Waals surface area contributed by atoms with Gasteiger partial charge in [-0.2, -0.15) is 5.26 Å². The molecule has 0 aromatic heterocycles. The van der Waals surface area contributed by atoms with Crippen LogP contribution in [-0.4, -0.2) is 49.3 Å². The van der Waals surface area contributed by atoms with Gasteiger partial charge < -0.3 is 19.7 Å². The number of benzene rings is 2. The molecule has 0 saturated carbocycles. The monoisotopic (exact) mass is 434 g/mol. The Balaban J connectivity index is 1.66. The molecule has 0 bridgehead atoms. The van der Waals surface area contributed by atoms with Gasteiger partial charge in [0.2, 0.25) is 5.96 Å². The molecular weight excluding hydrogens is 412 g/mol. The molecule has 2 aromatic carbocycles. The number of methoxy groups -OCH3 is 1. The van der Waals surface area contributed by atoms with Crippen molar-refractivity contribution in [3.63, 3.8) is 0 Å². The number of hydrogen-bond acceptors (Lipinski definition) is 8. The number of hydrazone groups is 1. The van der Waals surface area contributed by atoms with Crippen LogP contribution in [0.2, 0.25) is 0 Å². The number of nitrogens with zero attached hydrogens (tertiary/aromatic N) is 4. The number of para-hydroxylation sites is 1. The third kappa shape index (κ3) is 4.45. The van der Waals surface area contributed by atoms with Gasteiger partial charge in [0.05, 0.1) is 26.0 Å². The van der Waals surface area contributed by atoms with Crippen LogP contribution in [-0.2, 0) is 4.74 Å². The van der Waals surface area contributed by atoms with Gasteiger partial charge >= 0.3 is 0 Å². The van der Waals surface area contributed by atoms with Gasteiger partial charge in [-0.25, -0.2) is 0 Å². The molecule has 1 fully saturated rings. The number of thiocarbonyl (C=S) groups is 1. The summed E-state index contributed by atoms with van der Waals surface area (Å²) in [7, 11) is 1.61. The topological polar surface area (TPSA) is 85.1 Å². The van der Waals surface area contributed by atoms with E-state index in [-0.39, 0.29) is 0 Å². The third-order valence-corrected chi connectivity index (χ3v) is 5.22. The van der Waals surface area contributed by atoms with Crippen molar-refractivity contribution >= 4 is 34.5 Å². The van der Waals surface area contributed by atoms with Gasteiger partial charge in [0, 0.05) is 18.8 Å². The molecule has 2 aliphatic heterocycles. The van der Waals surface area contributed by atoms with E-state index in [4.69, 9.17) is 21.7 Å². The molecule has 2 aromatic rings. The molecule has 0 unspecified atom stereocenters. The standard InChI is InChI=1S/C22H22N6O2S/c1-29-18-9-7-16(8-10-18)24-21(31)19(15-23)20-25-26-22(27-11-13-30-14-12-27)28(20)17-5-3-2-4-6-17/h2-10,25H,11-14H2,1H3,(H,24,31)/b20-19+. The maximum atomic E-state index is 9.97. The van der Waals surface area contributed by atoms with E-state index in [2.05, 4.69) is 26.8 Å².